The van der Waals surface area contributed by atoms with E-state index in [1.807, 2.05) is 32.0 Å². The summed E-state index contributed by atoms with van der Waals surface area (Å²) >= 11 is 0. The van der Waals surface area contributed by atoms with Gasteiger partial charge < -0.3 is 4.74 Å². The van der Waals surface area contributed by atoms with Crippen LogP contribution in [-0.4, -0.2) is 16.8 Å². The molecule has 0 aliphatic carbocycles. The zero-order valence-corrected chi connectivity index (χ0v) is 20.1. The van der Waals surface area contributed by atoms with Gasteiger partial charge in [-0.2, -0.15) is 0 Å². The monoisotopic (exact) mass is 488 g/mol. The Balaban J connectivity index is 1.51. The van der Waals surface area contributed by atoms with Gasteiger partial charge in [0.2, 0.25) is 19.7 Å². The number of sulfone groups is 2. The molecule has 0 saturated carbocycles. The van der Waals surface area contributed by atoms with E-state index >= 15 is 0 Å². The Morgan fingerprint density at radius 2 is 1.09 bits per heavy atom. The Morgan fingerprint density at radius 1 is 0.559 bits per heavy atom. The van der Waals surface area contributed by atoms with Gasteiger partial charge in [0.15, 0.2) is 0 Å². The van der Waals surface area contributed by atoms with Crippen LogP contribution in [-0.2, 0) is 25.1 Å². The fourth-order valence-corrected chi connectivity index (χ4v) is 8.34. The highest BCUT2D eigenvalue weighted by Gasteiger charge is 2.40. The summed E-state index contributed by atoms with van der Waals surface area (Å²) in [5.74, 6) is 0.549. The summed E-state index contributed by atoms with van der Waals surface area (Å²) in [6.07, 6.45) is 0. The van der Waals surface area contributed by atoms with Gasteiger partial charge in [-0.05, 0) is 64.7 Å². The van der Waals surface area contributed by atoms with Crippen molar-refractivity contribution < 1.29 is 21.6 Å². The molecule has 2 aliphatic rings. The summed E-state index contributed by atoms with van der Waals surface area (Å²) < 4.78 is 58.7. The highest BCUT2D eigenvalue weighted by molar-refractivity contribution is 7.92. The zero-order valence-electron chi connectivity index (χ0n) is 18.4. The maximum atomic E-state index is 13.3. The average molecular weight is 489 g/mol. The third kappa shape index (κ3) is 2.77. The van der Waals surface area contributed by atoms with Crippen molar-refractivity contribution in [2.45, 2.75) is 38.8 Å². The van der Waals surface area contributed by atoms with Crippen molar-refractivity contribution >= 4 is 19.7 Å². The van der Waals surface area contributed by atoms with Crippen LogP contribution in [0.3, 0.4) is 0 Å². The van der Waals surface area contributed by atoms with Crippen LogP contribution in [0.4, 0.5) is 0 Å². The van der Waals surface area contributed by atoms with Crippen LogP contribution in [0.5, 0.6) is 11.5 Å². The summed E-state index contributed by atoms with van der Waals surface area (Å²) in [5, 5.41) is 0. The molecule has 0 amide bonds. The number of ether oxygens (including phenoxy) is 1. The standard InChI is InChI=1S/C27H20O5S2/c1-27(2)19-7-3-5-9-23(19)33(28,29)24-13-11-17(15-20(24)27)18-12-14-26-22(16-18)32-21-8-4-6-10-25(21)34(26,30)31/h3-16H,1-2H3. The molecule has 0 aromatic heterocycles. The molecule has 6 rings (SSSR count). The Labute approximate surface area is 198 Å². The molecular formula is C27H20O5S2. The molecule has 0 bridgehead atoms. The fourth-order valence-electron chi connectivity index (χ4n) is 4.90. The second kappa shape index (κ2) is 6.81. The molecule has 0 spiro atoms. The highest BCUT2D eigenvalue weighted by atomic mass is 32.2. The van der Waals surface area contributed by atoms with Crippen molar-refractivity contribution in [2.75, 3.05) is 0 Å². The summed E-state index contributed by atoms with van der Waals surface area (Å²) in [6, 6.07) is 23.9. The van der Waals surface area contributed by atoms with Crippen molar-refractivity contribution in [3.8, 4) is 22.6 Å². The minimum atomic E-state index is -3.69. The second-order valence-corrected chi connectivity index (χ2v) is 12.8. The maximum absolute atomic E-state index is 13.3. The molecule has 0 unspecified atom stereocenters. The number of hydrogen-bond acceptors (Lipinski definition) is 5. The van der Waals surface area contributed by atoms with Crippen LogP contribution in [0.25, 0.3) is 11.1 Å². The molecule has 0 radical (unpaired) electrons. The SMILES string of the molecule is CC1(C)c2ccccc2S(=O)(=O)c2ccc(-c3ccc4c(c3)Oc3ccccc3S4(=O)=O)cc21. The van der Waals surface area contributed by atoms with Crippen LogP contribution in [0.15, 0.2) is 105 Å². The third-order valence-electron chi connectivity index (χ3n) is 6.72. The van der Waals surface area contributed by atoms with Crippen molar-refractivity contribution in [2.24, 2.45) is 0 Å². The lowest BCUT2D eigenvalue weighted by Crippen LogP contribution is -2.29. The number of benzene rings is 4. The molecule has 2 heterocycles. The van der Waals surface area contributed by atoms with Crippen LogP contribution >= 0.6 is 0 Å². The lowest BCUT2D eigenvalue weighted by atomic mass is 9.77. The van der Waals surface area contributed by atoms with Gasteiger partial charge in [0.1, 0.15) is 21.3 Å². The molecule has 4 aromatic carbocycles. The van der Waals surface area contributed by atoms with Crippen LogP contribution < -0.4 is 4.74 Å². The first-order valence-corrected chi connectivity index (χ1v) is 13.7. The first-order valence-electron chi connectivity index (χ1n) is 10.8. The molecule has 170 valence electrons. The summed E-state index contributed by atoms with van der Waals surface area (Å²) in [4.78, 5) is 0.899. The molecule has 7 heteroatoms. The van der Waals surface area contributed by atoms with E-state index in [2.05, 4.69) is 0 Å². The zero-order chi connectivity index (χ0) is 23.9. The molecule has 34 heavy (non-hydrogen) atoms. The molecule has 4 aromatic rings. The molecule has 0 N–H and O–H groups in total. The number of para-hydroxylation sites is 1. The largest absolute Gasteiger partial charge is 0.455 e. The topological polar surface area (TPSA) is 77.5 Å². The van der Waals surface area contributed by atoms with Gasteiger partial charge in [0.25, 0.3) is 0 Å². The van der Waals surface area contributed by atoms with Crippen LogP contribution in [0, 0.1) is 0 Å². The fraction of sp³-hybridized carbons (Fsp3) is 0.111. The lowest BCUT2D eigenvalue weighted by Gasteiger charge is -2.35. The van der Waals surface area contributed by atoms with Gasteiger partial charge >= 0.3 is 0 Å². The minimum absolute atomic E-state index is 0.116. The van der Waals surface area contributed by atoms with Gasteiger partial charge in [0, 0.05) is 5.41 Å². The first kappa shape index (κ1) is 21.1. The third-order valence-corrected chi connectivity index (χ3v) is 10.4. The normalized spacial score (nSPS) is 17.9. The van der Waals surface area contributed by atoms with E-state index in [-0.39, 0.29) is 15.5 Å². The van der Waals surface area contributed by atoms with E-state index in [1.165, 1.54) is 6.07 Å². The Hall–Kier alpha value is -3.42. The van der Waals surface area contributed by atoms with E-state index < -0.39 is 25.1 Å². The van der Waals surface area contributed by atoms with E-state index in [4.69, 9.17) is 4.74 Å². The number of rotatable bonds is 1. The van der Waals surface area contributed by atoms with Crippen LogP contribution in [0.2, 0.25) is 0 Å². The van der Waals surface area contributed by atoms with Gasteiger partial charge in [-0.25, -0.2) is 16.8 Å². The van der Waals surface area contributed by atoms with Crippen molar-refractivity contribution in [1.82, 2.24) is 0 Å². The first-order chi connectivity index (χ1) is 16.1. The smallest absolute Gasteiger partial charge is 0.213 e. The average Bonchev–Trinajstić information content (AvgIpc) is 2.83. The van der Waals surface area contributed by atoms with E-state index in [0.29, 0.717) is 21.1 Å². The number of fused-ring (bicyclic) bond motifs is 4. The van der Waals surface area contributed by atoms with Gasteiger partial charge in [-0.1, -0.05) is 56.3 Å². The lowest BCUT2D eigenvalue weighted by molar-refractivity contribution is 0.443. The van der Waals surface area contributed by atoms with Crippen molar-refractivity contribution in [3.05, 3.63) is 96.1 Å². The second-order valence-electron chi connectivity index (χ2n) is 9.05. The van der Waals surface area contributed by atoms with E-state index in [9.17, 15) is 16.8 Å². The van der Waals surface area contributed by atoms with Crippen molar-refractivity contribution in [1.29, 1.82) is 0 Å². The quantitative estimate of drug-likeness (QED) is 0.300. The Kier molecular flexibility index (Phi) is 4.23. The van der Waals surface area contributed by atoms with Crippen molar-refractivity contribution in [3.63, 3.8) is 0 Å². The summed E-state index contributed by atoms with van der Waals surface area (Å²) in [5.41, 5.74) is 2.46. The highest BCUT2D eigenvalue weighted by Crippen LogP contribution is 2.48. The maximum Gasteiger partial charge on any atom is 0.213 e. The van der Waals surface area contributed by atoms with Gasteiger partial charge in [-0.3, -0.25) is 0 Å². The predicted octanol–water partition coefficient (Wildman–Crippen LogP) is 5.76. The number of hydrogen-bond donors (Lipinski definition) is 0. The molecule has 0 fully saturated rings. The van der Waals surface area contributed by atoms with E-state index in [0.717, 1.165) is 16.7 Å². The summed E-state index contributed by atoms with van der Waals surface area (Å²) in [6.45, 7) is 4.03. The molecule has 0 saturated heterocycles. The molecule has 5 nitrogen and oxygen atoms in total. The van der Waals surface area contributed by atoms with E-state index in [1.54, 1.807) is 60.7 Å². The summed E-state index contributed by atoms with van der Waals surface area (Å²) in [7, 11) is -7.33. The predicted molar refractivity (Wildman–Crippen MR) is 128 cm³/mol. The molecular weight excluding hydrogens is 468 g/mol. The Morgan fingerprint density at radius 3 is 1.85 bits per heavy atom. The molecule has 2 aliphatic heterocycles. The minimum Gasteiger partial charge on any atom is -0.455 e. The van der Waals surface area contributed by atoms with Gasteiger partial charge in [0.05, 0.1) is 9.79 Å². The molecule has 0 atom stereocenters. The van der Waals surface area contributed by atoms with Gasteiger partial charge in [-0.15, -0.1) is 0 Å². The Bertz CT molecular complexity index is 1730. The van der Waals surface area contributed by atoms with Crippen LogP contribution in [0.1, 0.15) is 25.0 Å².